The number of rotatable bonds is 5. The molecule has 1 heterocycles. The fourth-order valence-electron chi connectivity index (χ4n) is 1.94. The number of furan rings is 1. The van der Waals surface area contributed by atoms with Gasteiger partial charge in [-0.15, -0.1) is 0 Å². The lowest BCUT2D eigenvalue weighted by Gasteiger charge is -2.10. The van der Waals surface area contributed by atoms with Crippen molar-refractivity contribution in [2.75, 3.05) is 6.54 Å². The van der Waals surface area contributed by atoms with E-state index in [1.807, 2.05) is 32.0 Å². The van der Waals surface area contributed by atoms with Crippen molar-refractivity contribution in [1.82, 2.24) is 5.32 Å². The molecule has 2 rings (SSSR count). The highest BCUT2D eigenvalue weighted by Gasteiger charge is 2.12. The van der Waals surface area contributed by atoms with Gasteiger partial charge in [0.05, 0.1) is 11.8 Å². The largest absolute Gasteiger partial charge is 0.507 e. The highest BCUT2D eigenvalue weighted by atomic mass is 16.3. The van der Waals surface area contributed by atoms with E-state index in [1.54, 1.807) is 18.4 Å². The molecule has 2 N–H and O–H groups in total. The van der Waals surface area contributed by atoms with Gasteiger partial charge in [-0.1, -0.05) is 19.9 Å². The smallest absolute Gasteiger partial charge is 0.255 e. The molecule has 0 aliphatic carbocycles. The van der Waals surface area contributed by atoms with Crippen molar-refractivity contribution in [3.8, 4) is 5.75 Å². The van der Waals surface area contributed by atoms with Crippen LogP contribution in [-0.4, -0.2) is 17.6 Å². The second-order valence-electron chi connectivity index (χ2n) is 5.02. The summed E-state index contributed by atoms with van der Waals surface area (Å²) in [6, 6.07) is 8.82. The van der Waals surface area contributed by atoms with Gasteiger partial charge in [-0.2, -0.15) is 0 Å². The first-order chi connectivity index (χ1) is 9.58. The first-order valence-corrected chi connectivity index (χ1v) is 6.71. The van der Waals surface area contributed by atoms with Crippen LogP contribution in [0.15, 0.2) is 41.0 Å². The molecule has 0 spiro atoms. The summed E-state index contributed by atoms with van der Waals surface area (Å²) in [5, 5.41) is 12.6. The van der Waals surface area contributed by atoms with E-state index < -0.39 is 0 Å². The van der Waals surface area contributed by atoms with Gasteiger partial charge in [0.25, 0.3) is 5.91 Å². The van der Waals surface area contributed by atoms with Crippen LogP contribution in [0.3, 0.4) is 0 Å². The normalized spacial score (nSPS) is 10.8. The van der Waals surface area contributed by atoms with Crippen LogP contribution in [0.25, 0.3) is 0 Å². The van der Waals surface area contributed by atoms with Crippen molar-refractivity contribution in [2.24, 2.45) is 0 Å². The molecule has 4 nitrogen and oxygen atoms in total. The van der Waals surface area contributed by atoms with Gasteiger partial charge < -0.3 is 14.8 Å². The molecule has 2 aromatic rings. The van der Waals surface area contributed by atoms with Crippen molar-refractivity contribution in [1.29, 1.82) is 0 Å². The highest BCUT2D eigenvalue weighted by molar-refractivity contribution is 5.97. The topological polar surface area (TPSA) is 62.5 Å². The number of hydrogen-bond acceptors (Lipinski definition) is 3. The van der Waals surface area contributed by atoms with E-state index in [1.165, 1.54) is 0 Å². The molecular formula is C16H19NO3. The molecule has 0 unspecified atom stereocenters. The molecular weight excluding hydrogens is 254 g/mol. The molecule has 0 bridgehead atoms. The fraction of sp³-hybridized carbons (Fsp3) is 0.312. The monoisotopic (exact) mass is 273 g/mol. The number of phenolic OH excluding ortho intramolecular Hbond substituents is 1. The minimum absolute atomic E-state index is 0.00454. The summed E-state index contributed by atoms with van der Waals surface area (Å²) < 4.78 is 5.19. The lowest BCUT2D eigenvalue weighted by Crippen LogP contribution is -2.25. The van der Waals surface area contributed by atoms with Crippen LogP contribution >= 0.6 is 0 Å². The van der Waals surface area contributed by atoms with E-state index in [9.17, 15) is 9.90 Å². The maximum atomic E-state index is 12.1. The molecule has 0 aliphatic heterocycles. The summed E-state index contributed by atoms with van der Waals surface area (Å²) in [5.41, 5.74) is 1.34. The average molecular weight is 273 g/mol. The zero-order chi connectivity index (χ0) is 14.5. The standard InChI is InChI=1S/C16H19NO3/c1-11(2)12-5-6-15(18)14(10-12)16(19)17-8-7-13-4-3-9-20-13/h3-6,9-11,18H,7-8H2,1-2H3,(H,17,19). The Morgan fingerprint density at radius 1 is 1.35 bits per heavy atom. The lowest BCUT2D eigenvalue weighted by molar-refractivity contribution is 0.0951. The Morgan fingerprint density at radius 3 is 2.80 bits per heavy atom. The Labute approximate surface area is 118 Å². The number of aromatic hydroxyl groups is 1. The van der Waals surface area contributed by atoms with E-state index in [-0.39, 0.29) is 11.7 Å². The summed E-state index contributed by atoms with van der Waals surface area (Å²) >= 11 is 0. The maximum absolute atomic E-state index is 12.1. The number of amides is 1. The Morgan fingerprint density at radius 2 is 2.15 bits per heavy atom. The first kappa shape index (κ1) is 14.2. The van der Waals surface area contributed by atoms with Gasteiger partial charge in [-0.25, -0.2) is 0 Å². The molecule has 0 aliphatic rings. The molecule has 0 atom stereocenters. The molecule has 1 aromatic heterocycles. The molecule has 0 radical (unpaired) electrons. The SMILES string of the molecule is CC(C)c1ccc(O)c(C(=O)NCCc2ccco2)c1. The molecule has 106 valence electrons. The lowest BCUT2D eigenvalue weighted by atomic mass is 10.00. The third kappa shape index (κ3) is 3.41. The van der Waals surface area contributed by atoms with Crippen LogP contribution in [0, 0.1) is 0 Å². The van der Waals surface area contributed by atoms with Crippen LogP contribution in [-0.2, 0) is 6.42 Å². The van der Waals surface area contributed by atoms with Crippen molar-refractivity contribution in [3.05, 3.63) is 53.5 Å². The van der Waals surface area contributed by atoms with Gasteiger partial charge in [0.2, 0.25) is 0 Å². The predicted octanol–water partition coefficient (Wildman–Crippen LogP) is 3.08. The van der Waals surface area contributed by atoms with E-state index >= 15 is 0 Å². The van der Waals surface area contributed by atoms with E-state index in [0.29, 0.717) is 24.4 Å². The van der Waals surface area contributed by atoms with Gasteiger partial charge in [-0.05, 0) is 35.7 Å². The number of hydrogen-bond donors (Lipinski definition) is 2. The van der Waals surface area contributed by atoms with E-state index in [4.69, 9.17) is 4.42 Å². The van der Waals surface area contributed by atoms with Gasteiger partial charge in [-0.3, -0.25) is 4.79 Å². The quantitative estimate of drug-likeness (QED) is 0.880. The third-order valence-corrected chi connectivity index (χ3v) is 3.17. The zero-order valence-electron chi connectivity index (χ0n) is 11.7. The Hall–Kier alpha value is -2.23. The first-order valence-electron chi connectivity index (χ1n) is 6.71. The van der Waals surface area contributed by atoms with Crippen LogP contribution in [0.1, 0.15) is 41.4 Å². The number of carbonyl (C=O) groups is 1. The van der Waals surface area contributed by atoms with Gasteiger partial charge in [0.1, 0.15) is 11.5 Å². The number of carbonyl (C=O) groups excluding carboxylic acids is 1. The van der Waals surface area contributed by atoms with Crippen molar-refractivity contribution >= 4 is 5.91 Å². The minimum Gasteiger partial charge on any atom is -0.507 e. The van der Waals surface area contributed by atoms with E-state index in [2.05, 4.69) is 5.32 Å². The third-order valence-electron chi connectivity index (χ3n) is 3.17. The molecule has 1 aromatic carbocycles. The van der Waals surface area contributed by atoms with E-state index in [0.717, 1.165) is 11.3 Å². The predicted molar refractivity (Wildman–Crippen MR) is 76.9 cm³/mol. The maximum Gasteiger partial charge on any atom is 0.255 e. The summed E-state index contributed by atoms with van der Waals surface area (Å²) in [5.74, 6) is 0.872. The van der Waals surface area contributed by atoms with Gasteiger partial charge in [0.15, 0.2) is 0 Å². The summed E-state index contributed by atoms with van der Waals surface area (Å²) in [4.78, 5) is 12.1. The van der Waals surface area contributed by atoms with Crippen molar-refractivity contribution < 1.29 is 14.3 Å². The highest BCUT2D eigenvalue weighted by Crippen LogP contribution is 2.23. The Bertz CT molecular complexity index is 573. The summed E-state index contributed by atoms with van der Waals surface area (Å²) in [6.07, 6.45) is 2.23. The molecule has 0 fully saturated rings. The van der Waals surface area contributed by atoms with Crippen LogP contribution in [0.2, 0.25) is 0 Å². The Kier molecular flexibility index (Phi) is 4.45. The number of benzene rings is 1. The average Bonchev–Trinajstić information content (AvgIpc) is 2.92. The molecule has 0 saturated heterocycles. The summed E-state index contributed by atoms with van der Waals surface area (Å²) in [6.45, 7) is 4.56. The van der Waals surface area contributed by atoms with Crippen LogP contribution in [0.4, 0.5) is 0 Å². The number of phenols is 1. The second-order valence-corrected chi connectivity index (χ2v) is 5.02. The molecule has 1 amide bonds. The molecule has 4 heteroatoms. The zero-order valence-corrected chi connectivity index (χ0v) is 11.7. The number of nitrogens with one attached hydrogen (secondary N) is 1. The second kappa shape index (κ2) is 6.28. The van der Waals surface area contributed by atoms with Crippen molar-refractivity contribution in [2.45, 2.75) is 26.2 Å². The van der Waals surface area contributed by atoms with Crippen molar-refractivity contribution in [3.63, 3.8) is 0 Å². The molecule has 0 saturated carbocycles. The fourth-order valence-corrected chi connectivity index (χ4v) is 1.94. The summed E-state index contributed by atoms with van der Waals surface area (Å²) in [7, 11) is 0. The Balaban J connectivity index is 1.99. The van der Waals surface area contributed by atoms with Crippen LogP contribution < -0.4 is 5.32 Å². The molecule has 20 heavy (non-hydrogen) atoms. The van der Waals surface area contributed by atoms with Gasteiger partial charge >= 0.3 is 0 Å². The van der Waals surface area contributed by atoms with Crippen LogP contribution in [0.5, 0.6) is 5.75 Å². The van der Waals surface area contributed by atoms with Gasteiger partial charge in [0, 0.05) is 13.0 Å². The minimum atomic E-state index is -0.267.